The maximum absolute atomic E-state index is 12.6. The first-order valence-corrected chi connectivity index (χ1v) is 5.48. The number of halogens is 3. The van der Waals surface area contributed by atoms with Crippen LogP contribution in [0.2, 0.25) is 5.31 Å². The minimum atomic E-state index is -4.57. The first kappa shape index (κ1) is 14.6. The van der Waals surface area contributed by atoms with Crippen LogP contribution in [0.15, 0.2) is 0 Å². The second-order valence-corrected chi connectivity index (χ2v) is 5.90. The average molecular weight is 244 g/mol. The minimum Gasteiger partial charge on any atom is -0.449 e. The molecule has 0 saturated heterocycles. The van der Waals surface area contributed by atoms with Gasteiger partial charge in [-0.2, -0.15) is 0 Å². The third-order valence-electron chi connectivity index (χ3n) is 4.13. The van der Waals surface area contributed by atoms with E-state index in [1.165, 1.54) is 0 Å². The first-order valence-electron chi connectivity index (χ1n) is 5.48. The Morgan fingerprint density at radius 1 is 1.13 bits per heavy atom. The zero-order chi connectivity index (χ0) is 10.6. The molecule has 0 aliphatic heterocycles. The van der Waals surface area contributed by atoms with Crippen LogP contribution in [0.3, 0.4) is 0 Å². The van der Waals surface area contributed by atoms with Crippen molar-refractivity contribution >= 4 is 6.98 Å². The monoisotopic (exact) mass is 244 g/mol. The number of hydrogen-bond acceptors (Lipinski definition) is 0. The zero-order valence-electron chi connectivity index (χ0n) is 9.82. The van der Waals surface area contributed by atoms with Crippen molar-refractivity contribution in [3.63, 3.8) is 0 Å². The van der Waals surface area contributed by atoms with Gasteiger partial charge in [0, 0.05) is 0 Å². The summed E-state index contributed by atoms with van der Waals surface area (Å²) in [6.07, 6.45) is 3.42. The largest absolute Gasteiger partial charge is 1.00 e. The molecule has 0 radical (unpaired) electrons. The predicted octanol–water partition coefficient (Wildman–Crippen LogP) is 1.20. The van der Waals surface area contributed by atoms with Crippen molar-refractivity contribution < 1.29 is 64.3 Å². The molecule has 3 saturated carbocycles. The van der Waals surface area contributed by atoms with E-state index in [4.69, 9.17) is 0 Å². The second-order valence-electron chi connectivity index (χ2n) is 5.90. The van der Waals surface area contributed by atoms with Crippen LogP contribution in [0, 0.1) is 11.3 Å². The van der Waals surface area contributed by atoms with Crippen molar-refractivity contribution in [1.82, 2.24) is 0 Å². The molecule has 0 aromatic heterocycles. The summed E-state index contributed by atoms with van der Waals surface area (Å²) in [7, 11) is 0. The van der Waals surface area contributed by atoms with Gasteiger partial charge in [0.2, 0.25) is 0 Å². The molecule has 0 aromatic carbocycles. The van der Waals surface area contributed by atoms with Gasteiger partial charge in [-0.15, -0.1) is 0 Å². The van der Waals surface area contributed by atoms with Crippen molar-refractivity contribution in [3.8, 4) is 0 Å². The van der Waals surface area contributed by atoms with Crippen LogP contribution in [0.25, 0.3) is 0 Å². The van der Waals surface area contributed by atoms with E-state index in [-0.39, 0.29) is 56.8 Å². The maximum Gasteiger partial charge on any atom is 1.00 e. The van der Waals surface area contributed by atoms with Crippen LogP contribution in [0.5, 0.6) is 0 Å². The summed E-state index contributed by atoms with van der Waals surface area (Å²) < 4.78 is 37.7. The van der Waals surface area contributed by atoms with E-state index in [0.717, 1.165) is 12.8 Å². The Balaban J connectivity index is 0.00000112. The summed E-state index contributed by atoms with van der Waals surface area (Å²) >= 11 is 0. The Morgan fingerprint density at radius 3 is 1.93 bits per heavy atom. The summed E-state index contributed by atoms with van der Waals surface area (Å²) in [5.41, 5.74) is 0.113. The standard InChI is InChI=1S/C10H17BF3.K/c1-8(2)3-4-9-5-10(6-9,7-9)11(12,13)14;/h8H,3-7H2,1-2H3;/q-1;+1. The molecule has 0 nitrogen and oxygen atoms in total. The van der Waals surface area contributed by atoms with Gasteiger partial charge in [-0.1, -0.05) is 44.8 Å². The van der Waals surface area contributed by atoms with Gasteiger partial charge in [-0.3, -0.25) is 0 Å². The third kappa shape index (κ3) is 2.37. The van der Waals surface area contributed by atoms with Crippen molar-refractivity contribution in [3.05, 3.63) is 0 Å². The molecule has 82 valence electrons. The third-order valence-corrected chi connectivity index (χ3v) is 4.13. The molecule has 0 amide bonds. The molecule has 3 rings (SSSR count). The molecule has 0 N–H and O–H groups in total. The molecular formula is C10H17BF3K. The van der Waals surface area contributed by atoms with Gasteiger partial charge in [-0.05, 0) is 17.8 Å². The van der Waals surface area contributed by atoms with Gasteiger partial charge in [0.25, 0.3) is 0 Å². The molecule has 2 bridgehead atoms. The molecule has 3 aliphatic carbocycles. The maximum atomic E-state index is 12.6. The molecular weight excluding hydrogens is 227 g/mol. The molecule has 3 fully saturated rings. The molecule has 5 heteroatoms. The fraction of sp³-hybridized carbons (Fsp3) is 1.00. The molecule has 0 heterocycles. The van der Waals surface area contributed by atoms with Crippen molar-refractivity contribution in [2.75, 3.05) is 0 Å². The zero-order valence-corrected chi connectivity index (χ0v) is 12.9. The van der Waals surface area contributed by atoms with Crippen molar-refractivity contribution in [2.24, 2.45) is 11.3 Å². The fourth-order valence-electron chi connectivity index (χ4n) is 3.29. The van der Waals surface area contributed by atoms with Crippen LogP contribution in [0.4, 0.5) is 12.9 Å². The summed E-state index contributed by atoms with van der Waals surface area (Å²) in [5.74, 6) is 0.622. The smallest absolute Gasteiger partial charge is 0.449 e. The molecule has 3 aliphatic rings. The Labute approximate surface area is 132 Å². The van der Waals surface area contributed by atoms with Gasteiger partial charge >= 0.3 is 58.4 Å². The Kier molecular flexibility index (Phi) is 4.18. The first-order chi connectivity index (χ1) is 6.29. The molecule has 0 spiro atoms. The fourth-order valence-corrected chi connectivity index (χ4v) is 3.29. The van der Waals surface area contributed by atoms with Crippen molar-refractivity contribution in [1.29, 1.82) is 0 Å². The molecule has 0 unspecified atom stereocenters. The van der Waals surface area contributed by atoms with E-state index in [0.29, 0.717) is 25.2 Å². The SMILES string of the molecule is CC(C)CCC12CC([B-](F)(F)F)(C1)C2.[K+]. The summed E-state index contributed by atoms with van der Waals surface area (Å²) in [5, 5.41) is -1.18. The Bertz CT molecular complexity index is 230. The molecule has 15 heavy (non-hydrogen) atoms. The summed E-state index contributed by atoms with van der Waals surface area (Å²) in [6, 6.07) is 0. The van der Waals surface area contributed by atoms with Gasteiger partial charge in [0.05, 0.1) is 0 Å². The van der Waals surface area contributed by atoms with E-state index in [1.54, 1.807) is 0 Å². The quantitative estimate of drug-likeness (QED) is 0.652. The van der Waals surface area contributed by atoms with Crippen LogP contribution in [-0.2, 0) is 0 Å². The van der Waals surface area contributed by atoms with Crippen LogP contribution < -0.4 is 51.4 Å². The van der Waals surface area contributed by atoms with E-state index >= 15 is 0 Å². The van der Waals surface area contributed by atoms with Crippen molar-refractivity contribution in [2.45, 2.75) is 51.3 Å². The normalized spacial score (nSPS) is 38.0. The second kappa shape index (κ2) is 4.30. The van der Waals surface area contributed by atoms with Gasteiger partial charge in [0.1, 0.15) is 0 Å². The topological polar surface area (TPSA) is 0 Å². The number of rotatable bonds is 4. The Morgan fingerprint density at radius 2 is 1.60 bits per heavy atom. The minimum absolute atomic E-state index is 0. The van der Waals surface area contributed by atoms with Crippen LogP contribution >= 0.6 is 0 Å². The van der Waals surface area contributed by atoms with Crippen LogP contribution in [0.1, 0.15) is 46.0 Å². The molecule has 0 atom stereocenters. The summed E-state index contributed by atoms with van der Waals surface area (Å²) in [6.45, 7) is -0.299. The average Bonchev–Trinajstić information content (AvgIpc) is 1.76. The summed E-state index contributed by atoms with van der Waals surface area (Å²) in [4.78, 5) is 0. The van der Waals surface area contributed by atoms with Gasteiger partial charge in [-0.25, -0.2) is 0 Å². The Hall–Kier alpha value is 1.49. The number of hydrogen-bond donors (Lipinski definition) is 0. The van der Waals surface area contributed by atoms with E-state index in [1.807, 2.05) is 0 Å². The molecule has 0 aromatic rings. The van der Waals surface area contributed by atoms with Gasteiger partial charge < -0.3 is 12.9 Å². The predicted molar refractivity (Wildman–Crippen MR) is 52.1 cm³/mol. The van der Waals surface area contributed by atoms with Gasteiger partial charge in [0.15, 0.2) is 0 Å². The van der Waals surface area contributed by atoms with E-state index in [9.17, 15) is 12.9 Å². The van der Waals surface area contributed by atoms with E-state index < -0.39 is 12.3 Å². The van der Waals surface area contributed by atoms with Crippen LogP contribution in [-0.4, -0.2) is 6.98 Å². The van der Waals surface area contributed by atoms with E-state index in [2.05, 4.69) is 13.8 Å².